The minimum absolute atomic E-state index is 0.122. The van der Waals surface area contributed by atoms with E-state index in [1.165, 1.54) is 37.5 Å². The zero-order chi connectivity index (χ0) is 21.3. The number of nitrogens with zero attached hydrogens (tertiary/aromatic N) is 1. The molecule has 1 fully saturated rings. The number of esters is 1. The van der Waals surface area contributed by atoms with Crippen molar-refractivity contribution < 1.29 is 27.9 Å². The molecule has 2 heterocycles. The second-order valence-corrected chi connectivity index (χ2v) is 6.39. The first-order chi connectivity index (χ1) is 14.5. The Morgan fingerprint density at radius 3 is 2.60 bits per heavy atom. The second-order valence-electron chi connectivity index (χ2n) is 6.39. The van der Waals surface area contributed by atoms with Crippen molar-refractivity contribution >= 4 is 29.5 Å². The molecule has 0 aliphatic carbocycles. The lowest BCUT2D eigenvalue weighted by molar-refractivity contribution is -0.117. The topological polar surface area (TPSA) is 88.9 Å². The van der Waals surface area contributed by atoms with Crippen molar-refractivity contribution in [3.05, 3.63) is 83.4 Å². The summed E-state index contributed by atoms with van der Waals surface area (Å²) in [5.41, 5.74) is 3.65. The van der Waals surface area contributed by atoms with Crippen LogP contribution in [0, 0.1) is 5.82 Å². The van der Waals surface area contributed by atoms with Crippen LogP contribution in [0.1, 0.15) is 16.1 Å². The molecule has 1 aliphatic rings. The van der Waals surface area contributed by atoms with Gasteiger partial charge in [0.15, 0.2) is 0 Å². The van der Waals surface area contributed by atoms with Crippen LogP contribution < -0.4 is 10.4 Å². The van der Waals surface area contributed by atoms with E-state index in [0.717, 1.165) is 5.01 Å². The van der Waals surface area contributed by atoms with Gasteiger partial charge in [-0.1, -0.05) is 12.1 Å². The van der Waals surface area contributed by atoms with Gasteiger partial charge in [0.1, 0.15) is 22.9 Å². The maximum atomic E-state index is 13.1. The van der Waals surface area contributed by atoms with Crippen molar-refractivity contribution in [2.24, 2.45) is 0 Å². The summed E-state index contributed by atoms with van der Waals surface area (Å²) >= 11 is 0. The van der Waals surface area contributed by atoms with Gasteiger partial charge in [0.2, 0.25) is 0 Å². The van der Waals surface area contributed by atoms with E-state index >= 15 is 0 Å². The van der Waals surface area contributed by atoms with Gasteiger partial charge in [-0.15, -0.1) is 0 Å². The first-order valence-corrected chi connectivity index (χ1v) is 8.87. The number of halogens is 1. The van der Waals surface area contributed by atoms with Gasteiger partial charge in [-0.25, -0.2) is 14.2 Å². The van der Waals surface area contributed by atoms with Gasteiger partial charge in [-0.3, -0.25) is 15.0 Å². The third-order valence-electron chi connectivity index (χ3n) is 4.46. The number of ether oxygens (including phenoxy) is 1. The lowest BCUT2D eigenvalue weighted by Gasteiger charge is -2.14. The molecule has 7 nitrogen and oxygen atoms in total. The number of hydrogen-bond acceptors (Lipinski definition) is 5. The molecule has 150 valence electrons. The Morgan fingerprint density at radius 2 is 1.87 bits per heavy atom. The van der Waals surface area contributed by atoms with Crippen LogP contribution in [-0.2, 0) is 14.3 Å². The Hall–Kier alpha value is -4.20. The molecule has 0 spiro atoms. The summed E-state index contributed by atoms with van der Waals surface area (Å²) in [6, 6.07) is 15.1. The zero-order valence-electron chi connectivity index (χ0n) is 15.7. The van der Waals surface area contributed by atoms with Crippen LogP contribution >= 0.6 is 0 Å². The Labute approximate surface area is 170 Å². The molecule has 30 heavy (non-hydrogen) atoms. The molecule has 3 aromatic rings. The average molecular weight is 406 g/mol. The molecule has 2 aromatic carbocycles. The average Bonchev–Trinajstić information content (AvgIpc) is 3.34. The highest BCUT2D eigenvalue weighted by Gasteiger charge is 2.34. The van der Waals surface area contributed by atoms with Crippen LogP contribution in [0.15, 0.2) is 70.7 Å². The first-order valence-electron chi connectivity index (χ1n) is 8.87. The molecule has 1 aliphatic heterocycles. The summed E-state index contributed by atoms with van der Waals surface area (Å²) in [4.78, 5) is 36.6. The predicted octanol–water partition coefficient (Wildman–Crippen LogP) is 3.33. The zero-order valence-corrected chi connectivity index (χ0v) is 15.7. The number of nitrogens with one attached hydrogen (secondary N) is 1. The number of benzene rings is 2. The number of amides is 2. The predicted molar refractivity (Wildman–Crippen MR) is 105 cm³/mol. The SMILES string of the molecule is COC(=O)c1cccc(-c2ccc(/C=C3/C(=O)NN(c4ccc(F)cc4)C3=O)o2)c1. The van der Waals surface area contributed by atoms with Crippen LogP contribution in [0.3, 0.4) is 0 Å². The Balaban J connectivity index is 1.60. The Morgan fingerprint density at radius 1 is 1.10 bits per heavy atom. The van der Waals surface area contributed by atoms with Crippen molar-refractivity contribution in [1.82, 2.24) is 5.43 Å². The molecule has 0 saturated carbocycles. The van der Waals surface area contributed by atoms with Gasteiger partial charge in [0.25, 0.3) is 11.8 Å². The van der Waals surface area contributed by atoms with E-state index in [1.807, 2.05) is 0 Å². The monoisotopic (exact) mass is 406 g/mol. The smallest absolute Gasteiger partial charge is 0.337 e. The number of hydrazine groups is 1. The van der Waals surface area contributed by atoms with Crippen LogP contribution in [0.5, 0.6) is 0 Å². The lowest BCUT2D eigenvalue weighted by Crippen LogP contribution is -2.35. The van der Waals surface area contributed by atoms with Crippen LogP contribution in [-0.4, -0.2) is 24.9 Å². The van der Waals surface area contributed by atoms with E-state index in [4.69, 9.17) is 9.15 Å². The number of hydrogen-bond donors (Lipinski definition) is 1. The largest absolute Gasteiger partial charge is 0.465 e. The van der Waals surface area contributed by atoms with E-state index < -0.39 is 23.6 Å². The van der Waals surface area contributed by atoms with E-state index in [1.54, 1.807) is 36.4 Å². The summed E-state index contributed by atoms with van der Waals surface area (Å²) in [5.74, 6) is -1.37. The molecule has 4 rings (SSSR count). The van der Waals surface area contributed by atoms with Crippen LogP contribution in [0.4, 0.5) is 10.1 Å². The van der Waals surface area contributed by atoms with E-state index in [2.05, 4.69) is 5.43 Å². The Bertz CT molecular complexity index is 1180. The molecule has 0 unspecified atom stereocenters. The summed E-state index contributed by atoms with van der Waals surface area (Å²) in [6.45, 7) is 0. The van der Waals surface area contributed by atoms with E-state index in [-0.39, 0.29) is 11.3 Å². The summed E-state index contributed by atoms with van der Waals surface area (Å²) < 4.78 is 23.5. The number of carbonyl (C=O) groups excluding carboxylic acids is 3. The molecule has 1 saturated heterocycles. The summed E-state index contributed by atoms with van der Waals surface area (Å²) in [6.07, 6.45) is 1.33. The number of anilines is 1. The van der Waals surface area contributed by atoms with Gasteiger partial charge < -0.3 is 9.15 Å². The fourth-order valence-corrected chi connectivity index (χ4v) is 2.97. The lowest BCUT2D eigenvalue weighted by atomic mass is 10.1. The summed E-state index contributed by atoms with van der Waals surface area (Å²) in [5, 5.41) is 1.04. The highest BCUT2D eigenvalue weighted by atomic mass is 19.1. The number of rotatable bonds is 4. The second kappa shape index (κ2) is 7.67. The quantitative estimate of drug-likeness (QED) is 0.408. The van der Waals surface area contributed by atoms with Crippen molar-refractivity contribution in [2.45, 2.75) is 0 Å². The van der Waals surface area contributed by atoms with Crippen LogP contribution in [0.2, 0.25) is 0 Å². The molecule has 0 bridgehead atoms. The minimum atomic E-state index is -0.602. The highest BCUT2D eigenvalue weighted by Crippen LogP contribution is 2.26. The van der Waals surface area contributed by atoms with Gasteiger partial charge in [0.05, 0.1) is 18.4 Å². The van der Waals surface area contributed by atoms with Crippen molar-refractivity contribution in [3.63, 3.8) is 0 Å². The first kappa shape index (κ1) is 19.1. The Kier molecular flexibility index (Phi) is 4.89. The van der Waals surface area contributed by atoms with E-state index in [9.17, 15) is 18.8 Å². The van der Waals surface area contributed by atoms with Gasteiger partial charge >= 0.3 is 5.97 Å². The number of carbonyl (C=O) groups is 3. The minimum Gasteiger partial charge on any atom is -0.465 e. The molecule has 8 heteroatoms. The van der Waals surface area contributed by atoms with Crippen molar-refractivity contribution in [3.8, 4) is 11.3 Å². The molecule has 0 radical (unpaired) electrons. The molecule has 1 N–H and O–H groups in total. The standard InChI is InChI=1S/C22H15FN2O5/c1-29-22(28)14-4-2-3-13(11-14)19-10-9-17(30-19)12-18-20(26)24-25(21(18)27)16-7-5-15(23)6-8-16/h2-12H,1H3,(H,24,26)/b18-12-. The van der Waals surface area contributed by atoms with Gasteiger partial charge in [-0.2, -0.15) is 0 Å². The van der Waals surface area contributed by atoms with Crippen molar-refractivity contribution in [2.75, 3.05) is 12.1 Å². The maximum absolute atomic E-state index is 13.1. The highest BCUT2D eigenvalue weighted by molar-refractivity contribution is 6.31. The molecular formula is C22H15FN2O5. The third kappa shape index (κ3) is 3.58. The third-order valence-corrected chi connectivity index (χ3v) is 4.46. The molecule has 1 aromatic heterocycles. The van der Waals surface area contributed by atoms with E-state index in [0.29, 0.717) is 22.6 Å². The van der Waals surface area contributed by atoms with Crippen LogP contribution in [0.25, 0.3) is 17.4 Å². The normalized spacial score (nSPS) is 14.9. The molecule has 0 atom stereocenters. The summed E-state index contributed by atoms with van der Waals surface area (Å²) in [7, 11) is 1.30. The maximum Gasteiger partial charge on any atom is 0.337 e. The molecule has 2 amide bonds. The fraction of sp³-hybridized carbons (Fsp3) is 0.0455. The van der Waals surface area contributed by atoms with Gasteiger partial charge in [0, 0.05) is 5.56 Å². The number of furan rings is 1. The molecular weight excluding hydrogens is 391 g/mol. The van der Waals surface area contributed by atoms with Gasteiger partial charge in [-0.05, 0) is 54.6 Å². The fourth-order valence-electron chi connectivity index (χ4n) is 2.97. The van der Waals surface area contributed by atoms with Crippen molar-refractivity contribution in [1.29, 1.82) is 0 Å². The number of methoxy groups -OCH3 is 1.